The molecule has 0 radical (unpaired) electrons. The number of fused-ring (bicyclic) bond motifs is 1. The van der Waals surface area contributed by atoms with Gasteiger partial charge in [-0.15, -0.1) is 11.3 Å². The third kappa shape index (κ3) is 3.92. The van der Waals surface area contributed by atoms with Crippen LogP contribution in [-0.2, 0) is 6.54 Å². The minimum atomic E-state index is -0.284. The number of thiazole rings is 1. The molecular weight excluding hydrogens is 429 g/mol. The van der Waals surface area contributed by atoms with Crippen molar-refractivity contribution in [3.05, 3.63) is 90.6 Å². The number of aromatic nitrogens is 2. The number of nitrogens with one attached hydrogen (secondary N) is 1. The highest BCUT2D eigenvalue weighted by atomic mass is 35.5. The van der Waals surface area contributed by atoms with E-state index in [1.807, 2.05) is 18.2 Å². The molecule has 0 saturated heterocycles. The van der Waals surface area contributed by atoms with Gasteiger partial charge < -0.3 is 9.88 Å². The van der Waals surface area contributed by atoms with Crippen LogP contribution in [0, 0.1) is 6.92 Å². The van der Waals surface area contributed by atoms with Crippen LogP contribution >= 0.6 is 34.5 Å². The number of hydrogen-bond acceptors (Lipinski definition) is 4. The number of para-hydroxylation sites is 1. The standard InChI is InChI=1S/C21H15Cl2N3O2S/c1-12-20(29-11-24-12)21(28)26(15-5-2-4-14(22)9-15)10-13-8-18(27)25-19-16(13)6-3-7-17(19)23/h2-9,11H,10H2,1H3,(H,25,27). The third-order valence-electron chi connectivity index (χ3n) is 4.55. The van der Waals surface area contributed by atoms with Gasteiger partial charge in [-0.2, -0.15) is 0 Å². The number of carbonyl (C=O) groups excluding carboxylic acids is 1. The lowest BCUT2D eigenvalue weighted by Crippen LogP contribution is -2.31. The number of carbonyl (C=O) groups is 1. The molecule has 2 aromatic carbocycles. The molecule has 1 amide bonds. The highest BCUT2D eigenvalue weighted by Gasteiger charge is 2.23. The quantitative estimate of drug-likeness (QED) is 0.456. The topological polar surface area (TPSA) is 66.1 Å². The number of amides is 1. The number of pyridine rings is 1. The van der Waals surface area contributed by atoms with Gasteiger partial charge in [0.2, 0.25) is 5.56 Å². The van der Waals surface area contributed by atoms with Gasteiger partial charge in [0.15, 0.2) is 0 Å². The molecule has 0 saturated carbocycles. The number of rotatable bonds is 4. The Kier molecular flexibility index (Phi) is 5.41. The fourth-order valence-corrected chi connectivity index (χ4v) is 4.33. The Hall–Kier alpha value is -2.67. The van der Waals surface area contributed by atoms with E-state index in [1.54, 1.807) is 41.6 Å². The summed E-state index contributed by atoms with van der Waals surface area (Å²) in [5.74, 6) is -0.206. The van der Waals surface area contributed by atoms with Crippen molar-refractivity contribution in [2.45, 2.75) is 13.5 Å². The molecule has 0 aliphatic heterocycles. The van der Waals surface area contributed by atoms with Gasteiger partial charge in [-0.25, -0.2) is 4.98 Å². The van der Waals surface area contributed by atoms with Crippen LogP contribution < -0.4 is 10.5 Å². The predicted octanol–water partition coefficient (Wildman–Crippen LogP) is 5.45. The van der Waals surface area contributed by atoms with E-state index in [4.69, 9.17) is 23.2 Å². The molecule has 1 N–H and O–H groups in total. The maximum atomic E-state index is 13.4. The minimum Gasteiger partial charge on any atom is -0.321 e. The van der Waals surface area contributed by atoms with Gasteiger partial charge in [-0.3, -0.25) is 9.59 Å². The highest BCUT2D eigenvalue weighted by molar-refractivity contribution is 7.12. The zero-order valence-corrected chi connectivity index (χ0v) is 17.6. The van der Waals surface area contributed by atoms with E-state index >= 15 is 0 Å². The Morgan fingerprint density at radius 2 is 1.97 bits per heavy atom. The first-order valence-electron chi connectivity index (χ1n) is 8.72. The van der Waals surface area contributed by atoms with Crippen LogP contribution in [0.3, 0.4) is 0 Å². The van der Waals surface area contributed by atoms with Crippen molar-refractivity contribution in [2.24, 2.45) is 0 Å². The molecule has 0 spiro atoms. The SMILES string of the molecule is Cc1ncsc1C(=O)N(Cc1cc(=O)[nH]c2c(Cl)cccc12)c1cccc(Cl)c1. The van der Waals surface area contributed by atoms with Crippen LogP contribution in [0.5, 0.6) is 0 Å². The summed E-state index contributed by atoms with van der Waals surface area (Å²) < 4.78 is 0. The molecule has 29 heavy (non-hydrogen) atoms. The molecule has 4 aromatic rings. The van der Waals surface area contributed by atoms with Crippen LogP contribution in [-0.4, -0.2) is 15.9 Å². The monoisotopic (exact) mass is 443 g/mol. The molecule has 8 heteroatoms. The second-order valence-electron chi connectivity index (χ2n) is 6.46. The van der Waals surface area contributed by atoms with Gasteiger partial charge in [0.05, 0.1) is 28.3 Å². The molecule has 4 rings (SSSR count). The zero-order valence-electron chi connectivity index (χ0n) is 15.3. The van der Waals surface area contributed by atoms with E-state index in [9.17, 15) is 9.59 Å². The first-order valence-corrected chi connectivity index (χ1v) is 10.4. The van der Waals surface area contributed by atoms with Crippen molar-refractivity contribution in [3.8, 4) is 0 Å². The maximum absolute atomic E-state index is 13.4. The van der Waals surface area contributed by atoms with Crippen molar-refractivity contribution >= 4 is 57.0 Å². The summed E-state index contributed by atoms with van der Waals surface area (Å²) in [6.45, 7) is 1.97. The molecule has 2 heterocycles. The maximum Gasteiger partial charge on any atom is 0.270 e. The average molecular weight is 444 g/mol. The molecule has 0 aliphatic carbocycles. The Morgan fingerprint density at radius 3 is 2.69 bits per heavy atom. The van der Waals surface area contributed by atoms with Crippen molar-refractivity contribution in [2.75, 3.05) is 4.90 Å². The highest BCUT2D eigenvalue weighted by Crippen LogP contribution is 2.28. The molecule has 0 bridgehead atoms. The molecule has 0 atom stereocenters. The van der Waals surface area contributed by atoms with Crippen molar-refractivity contribution in [1.82, 2.24) is 9.97 Å². The number of H-pyrrole nitrogens is 1. The molecule has 5 nitrogen and oxygen atoms in total. The first-order chi connectivity index (χ1) is 13.9. The number of anilines is 1. The number of nitrogens with zero attached hydrogens (tertiary/aromatic N) is 2. The molecule has 2 aromatic heterocycles. The summed E-state index contributed by atoms with van der Waals surface area (Å²) in [7, 11) is 0. The number of benzene rings is 2. The van der Waals surface area contributed by atoms with E-state index in [1.165, 1.54) is 17.4 Å². The summed E-state index contributed by atoms with van der Waals surface area (Å²) in [5, 5.41) is 1.73. The van der Waals surface area contributed by atoms with E-state index in [0.29, 0.717) is 37.4 Å². The summed E-state index contributed by atoms with van der Waals surface area (Å²) >= 11 is 13.7. The van der Waals surface area contributed by atoms with Crippen molar-refractivity contribution in [3.63, 3.8) is 0 Å². The number of hydrogen-bond donors (Lipinski definition) is 1. The van der Waals surface area contributed by atoms with Crippen molar-refractivity contribution in [1.29, 1.82) is 0 Å². The number of aryl methyl sites for hydroxylation is 1. The fraction of sp³-hybridized carbons (Fsp3) is 0.0952. The van der Waals surface area contributed by atoms with Crippen molar-refractivity contribution < 1.29 is 4.79 Å². The lowest BCUT2D eigenvalue weighted by Gasteiger charge is -2.23. The first kappa shape index (κ1) is 19.6. The second-order valence-corrected chi connectivity index (χ2v) is 8.16. The van der Waals surface area contributed by atoms with Crippen LogP contribution in [0.4, 0.5) is 5.69 Å². The summed E-state index contributed by atoms with van der Waals surface area (Å²) in [6, 6.07) is 13.9. The van der Waals surface area contributed by atoms with Gasteiger partial charge in [-0.05, 0) is 36.8 Å². The largest absolute Gasteiger partial charge is 0.321 e. The molecule has 146 valence electrons. The van der Waals surface area contributed by atoms with E-state index < -0.39 is 0 Å². The average Bonchev–Trinajstić information content (AvgIpc) is 3.12. The fourth-order valence-electron chi connectivity index (χ4n) is 3.17. The van der Waals surface area contributed by atoms with Gasteiger partial charge in [0, 0.05) is 22.2 Å². The summed E-state index contributed by atoms with van der Waals surface area (Å²) in [5.41, 5.74) is 3.87. The van der Waals surface area contributed by atoms with Crippen LogP contribution in [0.15, 0.2) is 58.8 Å². The number of halogens is 2. The third-order valence-corrected chi connectivity index (χ3v) is 6.01. The molecule has 0 fully saturated rings. The van der Waals surface area contributed by atoms with Gasteiger partial charge in [0.25, 0.3) is 5.91 Å². The van der Waals surface area contributed by atoms with Crippen LogP contribution in [0.1, 0.15) is 20.9 Å². The minimum absolute atomic E-state index is 0.178. The van der Waals surface area contributed by atoms with Crippen LogP contribution in [0.2, 0.25) is 10.0 Å². The van der Waals surface area contributed by atoms with Gasteiger partial charge in [0.1, 0.15) is 4.88 Å². The van der Waals surface area contributed by atoms with Gasteiger partial charge >= 0.3 is 0 Å². The summed E-state index contributed by atoms with van der Waals surface area (Å²) in [4.78, 5) is 34.7. The lowest BCUT2D eigenvalue weighted by molar-refractivity contribution is 0.0988. The molecule has 0 aliphatic rings. The van der Waals surface area contributed by atoms with E-state index in [-0.39, 0.29) is 18.0 Å². The van der Waals surface area contributed by atoms with Crippen LogP contribution in [0.25, 0.3) is 10.9 Å². The molecule has 0 unspecified atom stereocenters. The lowest BCUT2D eigenvalue weighted by atomic mass is 10.1. The number of aromatic amines is 1. The summed E-state index contributed by atoms with van der Waals surface area (Å²) in [6.07, 6.45) is 0. The van der Waals surface area contributed by atoms with Gasteiger partial charge in [-0.1, -0.05) is 41.4 Å². The predicted molar refractivity (Wildman–Crippen MR) is 118 cm³/mol. The normalized spacial score (nSPS) is 11.0. The molecular formula is C21H15Cl2N3O2S. The van der Waals surface area contributed by atoms with E-state index in [2.05, 4.69) is 9.97 Å². The zero-order chi connectivity index (χ0) is 20.5. The second kappa shape index (κ2) is 7.99. The Labute approximate surface area is 180 Å². The Morgan fingerprint density at radius 1 is 1.17 bits per heavy atom. The smallest absolute Gasteiger partial charge is 0.270 e. The Balaban J connectivity index is 1.86. The van der Waals surface area contributed by atoms with E-state index in [0.717, 1.165) is 5.39 Å². The Bertz CT molecular complexity index is 1280.